The van der Waals surface area contributed by atoms with Crippen molar-refractivity contribution in [2.45, 2.75) is 0 Å². The van der Waals surface area contributed by atoms with Gasteiger partial charge in [-0.25, -0.2) is 0 Å². The number of hydrogen-bond acceptors (Lipinski definition) is 4. The van der Waals surface area contributed by atoms with Gasteiger partial charge in [0.05, 0.1) is 16.8 Å². The van der Waals surface area contributed by atoms with Gasteiger partial charge in [0.25, 0.3) is 0 Å². The summed E-state index contributed by atoms with van der Waals surface area (Å²) in [6.45, 7) is 0. The van der Waals surface area contributed by atoms with E-state index in [-0.39, 0.29) is 0 Å². The minimum absolute atomic E-state index is 0.869. The summed E-state index contributed by atoms with van der Waals surface area (Å²) in [6.07, 6.45) is 0. The highest BCUT2D eigenvalue weighted by Gasteiger charge is 2.23. The summed E-state index contributed by atoms with van der Waals surface area (Å²) in [5.41, 5.74) is 9.18. The molecule has 0 spiro atoms. The Labute approximate surface area is 313 Å². The molecule has 3 nitrogen and oxygen atoms in total. The summed E-state index contributed by atoms with van der Waals surface area (Å²) in [5.74, 6) is 0. The quantitative estimate of drug-likeness (QED) is 0.182. The summed E-state index contributed by atoms with van der Waals surface area (Å²) >= 11 is 1.84. The second kappa shape index (κ2) is 11.3. The molecular formula is C50H29NO2S. The topological polar surface area (TPSA) is 29.5 Å². The Balaban J connectivity index is 1.10. The van der Waals surface area contributed by atoms with Crippen LogP contribution < -0.4 is 4.90 Å². The first-order chi connectivity index (χ1) is 26.8. The van der Waals surface area contributed by atoms with Gasteiger partial charge >= 0.3 is 0 Å². The van der Waals surface area contributed by atoms with Crippen molar-refractivity contribution in [1.29, 1.82) is 0 Å². The standard InChI is InChI=1S/C50H29NO2S/c1-3-12-35-30(10-1)24-28-38-46-34(15-7-18-42(46)52-49(35)38)32-22-26-33(27-23-32)51(41-17-9-21-45-48(41)37-14-5-6-20-44(37)54-45)40-16-8-19-43-47(40)39-29-25-31-11-2-4-13-36(31)50(39)53-43/h1-29H. The highest BCUT2D eigenvalue weighted by atomic mass is 32.1. The fraction of sp³-hybridized carbons (Fsp3) is 0. The van der Waals surface area contributed by atoms with Crippen LogP contribution in [0.5, 0.6) is 0 Å². The van der Waals surface area contributed by atoms with E-state index in [4.69, 9.17) is 8.83 Å². The molecule has 0 radical (unpaired) electrons. The number of rotatable bonds is 4. The van der Waals surface area contributed by atoms with Gasteiger partial charge in [0.1, 0.15) is 22.3 Å². The second-order valence-electron chi connectivity index (χ2n) is 14.0. The Bertz CT molecular complexity index is 3460. The molecule has 0 aliphatic carbocycles. The number of benzene rings is 9. The van der Waals surface area contributed by atoms with Crippen molar-refractivity contribution in [1.82, 2.24) is 0 Å². The van der Waals surface area contributed by atoms with Gasteiger partial charge in [-0.1, -0.05) is 115 Å². The van der Waals surface area contributed by atoms with Gasteiger partial charge in [0.15, 0.2) is 0 Å². The molecule has 9 aromatic carbocycles. The van der Waals surface area contributed by atoms with Crippen molar-refractivity contribution in [3.8, 4) is 11.1 Å². The second-order valence-corrected chi connectivity index (χ2v) is 15.1. The van der Waals surface area contributed by atoms with E-state index in [1.165, 1.54) is 30.9 Å². The minimum atomic E-state index is 0.869. The van der Waals surface area contributed by atoms with Crippen LogP contribution in [0, 0.1) is 0 Å². The van der Waals surface area contributed by atoms with E-state index >= 15 is 0 Å². The first-order valence-corrected chi connectivity index (χ1v) is 19.1. The van der Waals surface area contributed by atoms with Crippen molar-refractivity contribution in [3.05, 3.63) is 176 Å². The molecular weight excluding hydrogens is 679 g/mol. The maximum atomic E-state index is 6.71. The predicted octanol–water partition coefficient (Wildman–Crippen LogP) is 15.3. The van der Waals surface area contributed by atoms with Crippen molar-refractivity contribution < 1.29 is 8.83 Å². The van der Waals surface area contributed by atoms with Crippen molar-refractivity contribution in [2.24, 2.45) is 0 Å². The molecule has 0 atom stereocenters. The SMILES string of the molecule is c1ccc2c(c1)ccc1c2oc2cccc(-c3ccc(N(c4cccc5oc6c7ccccc7ccc6c45)c4cccc5sc6ccccc6c45)cc3)c21. The molecule has 3 aromatic heterocycles. The van der Waals surface area contributed by atoms with Crippen LogP contribution in [0.25, 0.3) is 96.7 Å². The predicted molar refractivity (Wildman–Crippen MR) is 229 cm³/mol. The maximum Gasteiger partial charge on any atom is 0.143 e. The largest absolute Gasteiger partial charge is 0.455 e. The molecule has 252 valence electrons. The van der Waals surface area contributed by atoms with Gasteiger partial charge in [-0.05, 0) is 82.6 Å². The van der Waals surface area contributed by atoms with E-state index < -0.39 is 0 Å². The lowest BCUT2D eigenvalue weighted by Gasteiger charge is -2.27. The van der Waals surface area contributed by atoms with Crippen molar-refractivity contribution >= 4 is 114 Å². The molecule has 12 aromatic rings. The van der Waals surface area contributed by atoms with E-state index in [0.717, 1.165) is 82.8 Å². The minimum Gasteiger partial charge on any atom is -0.455 e. The highest BCUT2D eigenvalue weighted by molar-refractivity contribution is 7.26. The summed E-state index contributed by atoms with van der Waals surface area (Å²) in [6, 6.07) is 63.0. The third-order valence-corrected chi connectivity index (χ3v) is 12.2. The average Bonchev–Trinajstić information content (AvgIpc) is 3.93. The molecule has 0 amide bonds. The molecule has 3 heterocycles. The summed E-state index contributed by atoms with van der Waals surface area (Å²) in [7, 11) is 0. The zero-order chi connectivity index (χ0) is 35.3. The molecule has 0 bridgehead atoms. The van der Waals surface area contributed by atoms with E-state index in [1.807, 2.05) is 11.3 Å². The van der Waals surface area contributed by atoms with E-state index in [9.17, 15) is 0 Å². The van der Waals surface area contributed by atoms with Crippen LogP contribution >= 0.6 is 11.3 Å². The molecule has 12 rings (SSSR count). The first kappa shape index (κ1) is 29.7. The molecule has 0 N–H and O–H groups in total. The molecule has 0 fully saturated rings. The van der Waals surface area contributed by atoms with Crippen LogP contribution in [0.1, 0.15) is 0 Å². The zero-order valence-corrected chi connectivity index (χ0v) is 29.7. The van der Waals surface area contributed by atoms with Crippen LogP contribution in [0.2, 0.25) is 0 Å². The Kier molecular flexibility index (Phi) is 6.21. The Morgan fingerprint density at radius 3 is 1.65 bits per heavy atom. The van der Waals surface area contributed by atoms with Crippen LogP contribution in [0.3, 0.4) is 0 Å². The number of fused-ring (bicyclic) bond motifs is 13. The Morgan fingerprint density at radius 2 is 0.926 bits per heavy atom. The third-order valence-electron chi connectivity index (χ3n) is 11.1. The molecule has 0 saturated heterocycles. The first-order valence-electron chi connectivity index (χ1n) is 18.3. The Morgan fingerprint density at radius 1 is 0.370 bits per heavy atom. The van der Waals surface area contributed by atoms with Crippen LogP contribution in [0.15, 0.2) is 185 Å². The molecule has 0 aliphatic rings. The molecule has 0 unspecified atom stereocenters. The maximum absolute atomic E-state index is 6.71. The van der Waals surface area contributed by atoms with Gasteiger partial charge < -0.3 is 13.7 Å². The van der Waals surface area contributed by atoms with Crippen LogP contribution in [-0.4, -0.2) is 0 Å². The highest BCUT2D eigenvalue weighted by Crippen LogP contribution is 2.49. The third kappa shape index (κ3) is 4.23. The number of hydrogen-bond donors (Lipinski definition) is 0. The van der Waals surface area contributed by atoms with Crippen molar-refractivity contribution in [2.75, 3.05) is 4.90 Å². The molecule has 4 heteroatoms. The lowest BCUT2D eigenvalue weighted by Crippen LogP contribution is -2.10. The Hall–Kier alpha value is -6.88. The van der Waals surface area contributed by atoms with Crippen LogP contribution in [0.4, 0.5) is 17.1 Å². The molecule has 0 aliphatic heterocycles. The fourth-order valence-electron chi connectivity index (χ4n) is 8.66. The number of nitrogens with zero attached hydrogens (tertiary/aromatic N) is 1. The number of thiophene rings is 1. The summed E-state index contributed by atoms with van der Waals surface area (Å²) < 4.78 is 15.8. The normalized spacial score (nSPS) is 12.1. The van der Waals surface area contributed by atoms with Crippen molar-refractivity contribution in [3.63, 3.8) is 0 Å². The zero-order valence-electron chi connectivity index (χ0n) is 28.9. The summed E-state index contributed by atoms with van der Waals surface area (Å²) in [5, 5.41) is 11.6. The smallest absolute Gasteiger partial charge is 0.143 e. The molecule has 54 heavy (non-hydrogen) atoms. The van der Waals surface area contributed by atoms with Gasteiger partial charge in [0, 0.05) is 52.8 Å². The van der Waals surface area contributed by atoms with Gasteiger partial charge in [-0.3, -0.25) is 0 Å². The fourth-order valence-corrected chi connectivity index (χ4v) is 9.78. The number of furan rings is 2. The number of anilines is 3. The van der Waals surface area contributed by atoms with Gasteiger partial charge in [-0.2, -0.15) is 0 Å². The monoisotopic (exact) mass is 707 g/mol. The lowest BCUT2D eigenvalue weighted by molar-refractivity contribution is 0.672. The lowest BCUT2D eigenvalue weighted by atomic mass is 9.97. The van der Waals surface area contributed by atoms with E-state index in [2.05, 4.69) is 181 Å². The van der Waals surface area contributed by atoms with Gasteiger partial charge in [0.2, 0.25) is 0 Å². The summed E-state index contributed by atoms with van der Waals surface area (Å²) in [4.78, 5) is 2.43. The van der Waals surface area contributed by atoms with Crippen LogP contribution in [-0.2, 0) is 0 Å². The molecule has 0 saturated carbocycles. The van der Waals surface area contributed by atoms with Gasteiger partial charge in [-0.15, -0.1) is 11.3 Å². The van der Waals surface area contributed by atoms with E-state index in [0.29, 0.717) is 0 Å². The van der Waals surface area contributed by atoms with E-state index in [1.54, 1.807) is 0 Å². The average molecular weight is 708 g/mol.